The van der Waals surface area contributed by atoms with Crippen molar-refractivity contribution in [2.24, 2.45) is 0 Å². The van der Waals surface area contributed by atoms with Crippen LogP contribution >= 0.6 is 11.8 Å². The Labute approximate surface area is 168 Å². The Morgan fingerprint density at radius 2 is 1.46 bits per heavy atom. The summed E-state index contributed by atoms with van der Waals surface area (Å²) in [5.41, 5.74) is 1.41. The predicted octanol–water partition coefficient (Wildman–Crippen LogP) is 4.81. The molecule has 6 heteroatoms. The lowest BCUT2D eigenvalue weighted by Gasteiger charge is -2.24. The second kappa shape index (κ2) is 17.9. The molecule has 1 aromatic carbocycles. The minimum Gasteiger partial charge on any atom is -0.377 e. The van der Waals surface area contributed by atoms with Gasteiger partial charge in [0.25, 0.3) is 0 Å². The highest BCUT2D eigenvalue weighted by atomic mass is 32.2. The van der Waals surface area contributed by atoms with Gasteiger partial charge in [0.15, 0.2) is 0 Å². The monoisotopic (exact) mass is 402 g/mol. The van der Waals surface area contributed by atoms with E-state index in [0.29, 0.717) is 5.92 Å². The average molecular weight is 403 g/mol. The van der Waals surface area contributed by atoms with E-state index in [1.165, 1.54) is 5.56 Å². The Bertz CT molecular complexity index is 392. The predicted molar refractivity (Wildman–Crippen MR) is 119 cm³/mol. The van der Waals surface area contributed by atoms with Gasteiger partial charge in [-0.15, -0.1) is 0 Å². The van der Waals surface area contributed by atoms with Crippen LogP contribution in [0.4, 0.5) is 0 Å². The first-order valence-electron chi connectivity index (χ1n) is 9.00. The zero-order valence-corrected chi connectivity index (χ0v) is 19.9. The quantitative estimate of drug-likeness (QED) is 0.318. The lowest BCUT2D eigenvalue weighted by Crippen LogP contribution is -2.42. The smallest absolute Gasteiger partial charge is 0.377 e. The Morgan fingerprint density at radius 3 is 1.88 bits per heavy atom. The van der Waals surface area contributed by atoms with E-state index in [1.807, 2.05) is 37.8 Å². The van der Waals surface area contributed by atoms with Crippen LogP contribution in [0.25, 0.3) is 0 Å². The molecule has 0 N–H and O–H groups in total. The van der Waals surface area contributed by atoms with E-state index >= 15 is 0 Å². The molecule has 0 amide bonds. The fourth-order valence-electron chi connectivity index (χ4n) is 2.08. The number of hydrogen-bond acceptors (Lipinski definition) is 5. The van der Waals surface area contributed by atoms with Crippen LogP contribution in [0, 0.1) is 6.92 Å². The van der Waals surface area contributed by atoms with Gasteiger partial charge in [-0.25, -0.2) is 0 Å². The van der Waals surface area contributed by atoms with Gasteiger partial charge in [-0.05, 0) is 50.6 Å². The second-order valence-corrected chi connectivity index (χ2v) is 10.4. The summed E-state index contributed by atoms with van der Waals surface area (Å²) >= 11 is 1.98. The average Bonchev–Trinajstić information content (AvgIpc) is 2.67. The van der Waals surface area contributed by atoms with Gasteiger partial charge in [-0.2, -0.15) is 11.8 Å². The Balaban J connectivity index is 0. The molecule has 0 aliphatic heterocycles. The van der Waals surface area contributed by atoms with Crippen molar-refractivity contribution in [3.05, 3.63) is 42.8 Å². The van der Waals surface area contributed by atoms with E-state index in [1.54, 1.807) is 28.3 Å². The van der Waals surface area contributed by atoms with Gasteiger partial charge in [0, 0.05) is 27.4 Å². The van der Waals surface area contributed by atoms with Crippen molar-refractivity contribution in [3.8, 4) is 0 Å². The third-order valence-corrected chi connectivity index (χ3v) is 7.59. The fraction of sp³-hybridized carbons (Fsp3) is 0.650. The maximum atomic E-state index is 5.42. The van der Waals surface area contributed by atoms with Crippen molar-refractivity contribution < 1.29 is 13.3 Å². The molecule has 0 fully saturated rings. The first kappa shape index (κ1) is 27.7. The molecule has 0 aliphatic rings. The molecule has 1 atom stereocenters. The van der Waals surface area contributed by atoms with Gasteiger partial charge < -0.3 is 18.2 Å². The van der Waals surface area contributed by atoms with Crippen LogP contribution in [0.2, 0.25) is 6.04 Å². The standard InChI is InChI=1S/C15H26O3SSi.C3H9N.C2H5/c1-14(15-9-6-5-7-10-15)13-19-11-8-12-20(16-2,17-3)18-4;1-4(2)3;1-2/h5-7,9-10,14H,8,11-13H2,1-4H3;1-3H3;1H2,2H3/q;;+1. The Morgan fingerprint density at radius 1 is 1.00 bits per heavy atom. The molecule has 0 aliphatic carbocycles. The van der Waals surface area contributed by atoms with Gasteiger partial charge in [-0.3, -0.25) is 0 Å². The molecule has 1 aromatic rings. The molecule has 1 rings (SSSR count). The van der Waals surface area contributed by atoms with Crippen LogP contribution in [0.3, 0.4) is 0 Å². The molecule has 4 nitrogen and oxygen atoms in total. The van der Waals surface area contributed by atoms with E-state index in [-0.39, 0.29) is 0 Å². The summed E-state index contributed by atoms with van der Waals surface area (Å²) in [6, 6.07) is 11.5. The van der Waals surface area contributed by atoms with Crippen molar-refractivity contribution in [2.75, 3.05) is 54.0 Å². The number of hydrogen-bond donors (Lipinski definition) is 0. The van der Waals surface area contributed by atoms with Crippen molar-refractivity contribution in [1.29, 1.82) is 0 Å². The van der Waals surface area contributed by atoms with Crippen LogP contribution in [-0.4, -0.2) is 67.7 Å². The molecule has 0 saturated carbocycles. The maximum Gasteiger partial charge on any atom is 0.500 e. The largest absolute Gasteiger partial charge is 0.500 e. The van der Waals surface area contributed by atoms with Crippen molar-refractivity contribution in [1.82, 2.24) is 4.90 Å². The van der Waals surface area contributed by atoms with Gasteiger partial charge >= 0.3 is 8.80 Å². The topological polar surface area (TPSA) is 30.9 Å². The van der Waals surface area contributed by atoms with Gasteiger partial charge in [0.05, 0.1) is 13.8 Å². The highest BCUT2D eigenvalue weighted by Gasteiger charge is 2.36. The van der Waals surface area contributed by atoms with E-state index in [4.69, 9.17) is 13.3 Å². The fourth-order valence-corrected chi connectivity index (χ4v) is 5.12. The molecule has 0 saturated heterocycles. The summed E-state index contributed by atoms with van der Waals surface area (Å²) in [7, 11) is 8.64. The number of nitrogens with zero attached hydrogens (tertiary/aromatic N) is 1. The number of benzene rings is 1. The van der Waals surface area contributed by atoms with Crippen LogP contribution in [0.5, 0.6) is 0 Å². The summed E-state index contributed by atoms with van der Waals surface area (Å²) in [4.78, 5) is 2.00. The Hall–Kier alpha value is -0.503. The maximum absolute atomic E-state index is 5.42. The third kappa shape index (κ3) is 13.7. The zero-order chi connectivity index (χ0) is 20.4. The highest BCUT2D eigenvalue weighted by Crippen LogP contribution is 2.22. The normalized spacial score (nSPS) is 11.9. The first-order chi connectivity index (χ1) is 12.4. The molecule has 26 heavy (non-hydrogen) atoms. The van der Waals surface area contributed by atoms with Crippen LogP contribution in [0.15, 0.2) is 30.3 Å². The summed E-state index contributed by atoms with van der Waals surface area (Å²) in [5.74, 6) is 2.85. The highest BCUT2D eigenvalue weighted by molar-refractivity contribution is 7.99. The molecule has 0 spiro atoms. The lowest BCUT2D eigenvalue weighted by molar-refractivity contribution is 0.123. The number of rotatable bonds is 10. The first-order valence-corrected chi connectivity index (χ1v) is 12.1. The van der Waals surface area contributed by atoms with Crippen molar-refractivity contribution >= 4 is 20.6 Å². The molecule has 0 aromatic heterocycles. The van der Waals surface area contributed by atoms with Crippen LogP contribution in [0.1, 0.15) is 31.7 Å². The second-order valence-electron chi connectivity index (χ2n) is 6.13. The van der Waals surface area contributed by atoms with Crippen molar-refractivity contribution in [3.63, 3.8) is 0 Å². The molecular formula is C20H40NO3SSi+. The van der Waals surface area contributed by atoms with Crippen LogP contribution in [-0.2, 0) is 13.3 Å². The minimum atomic E-state index is -2.37. The SMILES string of the molecule is CN(C)C.CO[Si](CCCSCC(C)c1ccccc1)(OC)OC.[CH2+]C. The molecule has 1 unspecified atom stereocenters. The summed E-state index contributed by atoms with van der Waals surface area (Å²) in [6.45, 7) is 7.28. The van der Waals surface area contributed by atoms with E-state index in [2.05, 4.69) is 44.2 Å². The minimum absolute atomic E-state index is 0.593. The zero-order valence-electron chi connectivity index (χ0n) is 18.1. The number of thioether (sulfide) groups is 1. The third-order valence-electron chi connectivity index (χ3n) is 3.44. The van der Waals surface area contributed by atoms with E-state index in [9.17, 15) is 0 Å². The van der Waals surface area contributed by atoms with E-state index in [0.717, 1.165) is 24.0 Å². The lowest BCUT2D eigenvalue weighted by atomic mass is 10.0. The molecule has 152 valence electrons. The Kier molecular flexibility index (Phi) is 19.1. The van der Waals surface area contributed by atoms with Gasteiger partial charge in [0.1, 0.15) is 0 Å². The molecule has 0 heterocycles. The molecular weight excluding hydrogens is 362 g/mol. The van der Waals surface area contributed by atoms with Crippen LogP contribution < -0.4 is 0 Å². The van der Waals surface area contributed by atoms with Gasteiger partial charge in [-0.1, -0.05) is 37.3 Å². The molecule has 0 bridgehead atoms. The summed E-state index contributed by atoms with van der Waals surface area (Å²) in [6.07, 6.45) is 1.06. The summed E-state index contributed by atoms with van der Waals surface area (Å²) < 4.78 is 16.3. The van der Waals surface area contributed by atoms with Gasteiger partial charge in [0.2, 0.25) is 0 Å². The van der Waals surface area contributed by atoms with E-state index < -0.39 is 8.80 Å². The summed E-state index contributed by atoms with van der Waals surface area (Å²) in [5, 5.41) is 0. The van der Waals surface area contributed by atoms with Crippen molar-refractivity contribution in [2.45, 2.75) is 32.2 Å². The molecule has 0 radical (unpaired) electrons.